The number of guanidine groups is 1. The zero-order valence-corrected chi connectivity index (χ0v) is 17.8. The number of nitrogens with zero attached hydrogens (tertiary/aromatic N) is 1. The number of aliphatic hydroxyl groups is 1. The predicted molar refractivity (Wildman–Crippen MR) is 118 cm³/mol. The van der Waals surface area contributed by atoms with Crippen LogP contribution >= 0.6 is 0 Å². The van der Waals surface area contributed by atoms with Crippen molar-refractivity contribution < 1.29 is 34.1 Å². The van der Waals surface area contributed by atoms with Crippen molar-refractivity contribution in [2.75, 3.05) is 6.61 Å². The summed E-state index contributed by atoms with van der Waals surface area (Å²) in [5, 5.41) is 21.1. The summed E-state index contributed by atoms with van der Waals surface area (Å²) in [5.41, 5.74) is 12.3. The van der Waals surface area contributed by atoms with Crippen LogP contribution in [0.15, 0.2) is 41.4 Å². The largest absolute Gasteiger partial charge is 0.489 e. The molecule has 1 aliphatic rings. The number of aryl methyl sites for hydroxylation is 1. The van der Waals surface area contributed by atoms with Crippen LogP contribution in [-0.2, 0) is 11.2 Å². The summed E-state index contributed by atoms with van der Waals surface area (Å²) in [6, 6.07) is 7.63. The van der Waals surface area contributed by atoms with Crippen LogP contribution in [0.4, 0.5) is 5.69 Å². The second-order valence-electron chi connectivity index (χ2n) is 7.38. The number of carboxylic acid groups (broad SMARTS) is 1. The highest BCUT2D eigenvalue weighted by atomic mass is 16.6. The second kappa shape index (κ2) is 10.0. The molecule has 0 saturated heterocycles. The number of carboxylic acids is 1. The Balaban J connectivity index is 1.94. The molecule has 2 aromatic rings. The van der Waals surface area contributed by atoms with E-state index in [1.807, 2.05) is 0 Å². The molecule has 7 N–H and O–H groups in total. The van der Waals surface area contributed by atoms with E-state index in [4.69, 9.17) is 20.9 Å². The lowest BCUT2D eigenvalue weighted by atomic mass is 10.0. The minimum Gasteiger partial charge on any atom is -0.489 e. The summed E-state index contributed by atoms with van der Waals surface area (Å²) in [7, 11) is 0. The molecule has 174 valence electrons. The zero-order chi connectivity index (χ0) is 24.1. The van der Waals surface area contributed by atoms with Gasteiger partial charge in [-0.15, -0.1) is 0 Å². The number of amides is 1. The van der Waals surface area contributed by atoms with Crippen LogP contribution in [0.5, 0.6) is 11.5 Å². The molecule has 33 heavy (non-hydrogen) atoms. The molecule has 3 rings (SSSR count). The average molecular weight is 456 g/mol. The predicted octanol–water partition coefficient (Wildman–Crippen LogP) is 0.700. The highest BCUT2D eigenvalue weighted by Gasteiger charge is 2.28. The number of nitrogens with two attached hydrogens (primary N) is 2. The van der Waals surface area contributed by atoms with Crippen LogP contribution in [0.25, 0.3) is 0 Å². The Morgan fingerprint density at radius 3 is 2.64 bits per heavy atom. The number of fused-ring (bicyclic) bond motifs is 2. The Labute approximate surface area is 189 Å². The number of aliphatic imine (C=N–C) groups is 1. The first kappa shape index (κ1) is 23.5. The summed E-state index contributed by atoms with van der Waals surface area (Å²) in [6.45, 7) is 1.43. The number of esters is 1. The number of nitrogens with one attached hydrogen (secondary N) is 1. The molecule has 2 unspecified atom stereocenters. The molecule has 1 aliphatic heterocycles. The molecule has 1 amide bonds. The van der Waals surface area contributed by atoms with E-state index in [0.29, 0.717) is 29.7 Å². The maximum absolute atomic E-state index is 12.9. The molecule has 0 radical (unpaired) electrons. The van der Waals surface area contributed by atoms with Crippen LogP contribution in [0, 0.1) is 0 Å². The molecule has 11 nitrogen and oxygen atoms in total. The van der Waals surface area contributed by atoms with Gasteiger partial charge in [0.25, 0.3) is 5.91 Å². The van der Waals surface area contributed by atoms with Crippen molar-refractivity contribution in [1.82, 2.24) is 5.32 Å². The van der Waals surface area contributed by atoms with Gasteiger partial charge in [0.15, 0.2) is 23.5 Å². The summed E-state index contributed by atoms with van der Waals surface area (Å²) >= 11 is 0. The molecule has 0 aliphatic carbocycles. The number of para-hydroxylation sites is 1. The van der Waals surface area contributed by atoms with Crippen LogP contribution < -0.4 is 26.3 Å². The van der Waals surface area contributed by atoms with E-state index >= 15 is 0 Å². The first-order valence-electron chi connectivity index (χ1n) is 10.1. The van der Waals surface area contributed by atoms with Crippen molar-refractivity contribution in [1.29, 1.82) is 0 Å². The summed E-state index contributed by atoms with van der Waals surface area (Å²) in [4.78, 5) is 41.0. The van der Waals surface area contributed by atoms with E-state index in [2.05, 4.69) is 10.3 Å². The maximum Gasteiger partial charge on any atom is 0.343 e. The standard InChI is InChI=1S/C22H24N4O7/c1-11(27)17(20(29)30)26-19(28)15-5-2-6-16-18(15)32-9-3-4-12-10-13(25-22(23)24)7-8-14(12)21(31)33-16/h2,5-8,10-11,17,27H,3-4,9H2,1H3,(H,26,28)(H,29,30)(H4,23,24,25). The monoisotopic (exact) mass is 456 g/mol. The first-order chi connectivity index (χ1) is 15.7. The minimum absolute atomic E-state index is 0.00124. The quantitative estimate of drug-likeness (QED) is 0.187. The molecule has 2 atom stereocenters. The van der Waals surface area contributed by atoms with Crippen molar-refractivity contribution in [2.24, 2.45) is 16.5 Å². The summed E-state index contributed by atoms with van der Waals surface area (Å²) in [6.07, 6.45) is -0.389. The van der Waals surface area contributed by atoms with Crippen molar-refractivity contribution in [3.63, 3.8) is 0 Å². The Morgan fingerprint density at radius 2 is 1.97 bits per heavy atom. The number of carbonyl (C=O) groups excluding carboxylic acids is 2. The van der Waals surface area contributed by atoms with Gasteiger partial charge in [0.05, 0.1) is 29.5 Å². The molecule has 11 heteroatoms. The Bertz CT molecular complexity index is 1110. The summed E-state index contributed by atoms with van der Waals surface area (Å²) in [5.74, 6) is -2.97. The van der Waals surface area contributed by atoms with Gasteiger partial charge in [-0.2, -0.15) is 0 Å². The molecule has 0 spiro atoms. The molecule has 2 aromatic carbocycles. The highest BCUT2D eigenvalue weighted by molar-refractivity contribution is 6.00. The number of hydrogen-bond acceptors (Lipinski definition) is 7. The van der Waals surface area contributed by atoms with Gasteiger partial charge < -0.3 is 36.5 Å². The van der Waals surface area contributed by atoms with Crippen molar-refractivity contribution >= 4 is 29.5 Å². The fourth-order valence-electron chi connectivity index (χ4n) is 3.33. The number of aliphatic hydroxyl groups excluding tert-OH is 1. The third-order valence-corrected chi connectivity index (χ3v) is 4.87. The topological polar surface area (TPSA) is 187 Å². The Kier molecular flexibility index (Phi) is 7.13. The average Bonchev–Trinajstić information content (AvgIpc) is 2.74. The fraction of sp³-hybridized carbons (Fsp3) is 0.273. The van der Waals surface area contributed by atoms with Gasteiger partial charge >= 0.3 is 11.9 Å². The van der Waals surface area contributed by atoms with Gasteiger partial charge in [0, 0.05) is 0 Å². The highest BCUT2D eigenvalue weighted by Crippen LogP contribution is 2.34. The normalized spacial score (nSPS) is 14.9. The van der Waals surface area contributed by atoms with Gasteiger partial charge in [-0.05, 0) is 55.7 Å². The molecule has 0 aromatic heterocycles. The SMILES string of the molecule is CC(O)C(NC(=O)c1cccc2c1OCCCc1cc(N=C(N)N)ccc1C(=O)O2)C(=O)O. The summed E-state index contributed by atoms with van der Waals surface area (Å²) < 4.78 is 11.3. The van der Waals surface area contributed by atoms with E-state index in [1.165, 1.54) is 25.1 Å². The number of rotatable bonds is 5. The van der Waals surface area contributed by atoms with Crippen LogP contribution in [0.2, 0.25) is 0 Å². The second-order valence-corrected chi connectivity index (χ2v) is 7.38. The molecule has 0 saturated carbocycles. The number of ether oxygens (including phenoxy) is 2. The molecular weight excluding hydrogens is 432 g/mol. The minimum atomic E-state index is -1.53. The van der Waals surface area contributed by atoms with E-state index < -0.39 is 30.0 Å². The van der Waals surface area contributed by atoms with Gasteiger partial charge in [-0.1, -0.05) is 6.07 Å². The lowest BCUT2D eigenvalue weighted by molar-refractivity contribution is -0.141. The lowest BCUT2D eigenvalue weighted by Gasteiger charge is -2.20. The van der Waals surface area contributed by atoms with Crippen molar-refractivity contribution in [3.8, 4) is 11.5 Å². The third-order valence-electron chi connectivity index (χ3n) is 4.87. The lowest BCUT2D eigenvalue weighted by Crippen LogP contribution is -2.47. The van der Waals surface area contributed by atoms with E-state index in [1.54, 1.807) is 18.2 Å². The number of aliphatic carboxylic acids is 1. The van der Waals surface area contributed by atoms with Gasteiger partial charge in [0.2, 0.25) is 0 Å². The molecule has 0 bridgehead atoms. The van der Waals surface area contributed by atoms with Crippen LogP contribution in [0.1, 0.15) is 39.6 Å². The Hall–Kier alpha value is -4.12. The zero-order valence-electron chi connectivity index (χ0n) is 17.8. The van der Waals surface area contributed by atoms with E-state index in [9.17, 15) is 24.6 Å². The number of carbonyl (C=O) groups is 3. The third kappa shape index (κ3) is 5.57. The maximum atomic E-state index is 12.9. The fourth-order valence-corrected chi connectivity index (χ4v) is 3.33. The van der Waals surface area contributed by atoms with Gasteiger partial charge in [0.1, 0.15) is 0 Å². The molecule has 0 fully saturated rings. The smallest absolute Gasteiger partial charge is 0.343 e. The Morgan fingerprint density at radius 1 is 1.21 bits per heavy atom. The molecular formula is C22H24N4O7. The van der Waals surface area contributed by atoms with Crippen LogP contribution in [0.3, 0.4) is 0 Å². The van der Waals surface area contributed by atoms with Gasteiger partial charge in [-0.3, -0.25) is 4.79 Å². The number of benzene rings is 2. The van der Waals surface area contributed by atoms with Crippen molar-refractivity contribution in [3.05, 3.63) is 53.1 Å². The van der Waals surface area contributed by atoms with Gasteiger partial charge in [-0.25, -0.2) is 14.6 Å². The van der Waals surface area contributed by atoms with Crippen molar-refractivity contribution in [2.45, 2.75) is 31.9 Å². The molecule has 1 heterocycles. The van der Waals surface area contributed by atoms with E-state index in [-0.39, 0.29) is 29.6 Å². The van der Waals surface area contributed by atoms with Crippen LogP contribution in [-0.4, -0.2) is 52.8 Å². The first-order valence-corrected chi connectivity index (χ1v) is 10.1. The van der Waals surface area contributed by atoms with E-state index in [0.717, 1.165) is 0 Å². The number of hydrogen-bond donors (Lipinski definition) is 5.